The smallest absolute Gasteiger partial charge is 0.234 e. The van der Waals surface area contributed by atoms with E-state index in [-0.39, 0.29) is 21.7 Å². The molecule has 2 aromatic carbocycles. The molecule has 1 amide bonds. The van der Waals surface area contributed by atoms with Gasteiger partial charge in [-0.25, -0.2) is 0 Å². The summed E-state index contributed by atoms with van der Waals surface area (Å²) in [7, 11) is 0. The lowest BCUT2D eigenvalue weighted by atomic mass is 10.2. The van der Waals surface area contributed by atoms with Crippen LogP contribution in [0.1, 0.15) is 0 Å². The Hall–Kier alpha value is -2.58. The van der Waals surface area contributed by atoms with E-state index in [1.807, 2.05) is 47.0 Å². The number of thioether (sulfide) groups is 1. The van der Waals surface area contributed by atoms with E-state index in [9.17, 15) is 4.79 Å². The first-order valence-corrected chi connectivity index (χ1v) is 11.1. The summed E-state index contributed by atoms with van der Waals surface area (Å²) in [6, 6.07) is 16.4. The van der Waals surface area contributed by atoms with Crippen LogP contribution in [0, 0.1) is 0 Å². The lowest BCUT2D eigenvalue weighted by Crippen LogP contribution is -2.15. The van der Waals surface area contributed by atoms with Crippen molar-refractivity contribution in [2.24, 2.45) is 0 Å². The number of rotatable bonds is 6. The van der Waals surface area contributed by atoms with Crippen molar-refractivity contribution in [3.63, 3.8) is 0 Å². The van der Waals surface area contributed by atoms with Crippen LogP contribution in [0.5, 0.6) is 0 Å². The average molecular weight is 491 g/mol. The summed E-state index contributed by atoms with van der Waals surface area (Å²) in [5.41, 5.74) is 2.01. The molecular formula is C21H14Cl3N5OS. The van der Waals surface area contributed by atoms with Gasteiger partial charge in [0.2, 0.25) is 5.91 Å². The number of nitrogens with zero attached hydrogens (tertiary/aromatic N) is 4. The van der Waals surface area contributed by atoms with Gasteiger partial charge in [-0.3, -0.25) is 14.3 Å². The molecule has 0 saturated heterocycles. The van der Waals surface area contributed by atoms with Crippen LogP contribution in [-0.2, 0) is 4.79 Å². The summed E-state index contributed by atoms with van der Waals surface area (Å²) in [6.07, 6.45) is 3.41. The zero-order valence-electron chi connectivity index (χ0n) is 15.8. The number of hydrogen-bond donors (Lipinski definition) is 1. The molecule has 2 heterocycles. The van der Waals surface area contributed by atoms with Crippen molar-refractivity contribution in [3.8, 4) is 17.1 Å². The highest BCUT2D eigenvalue weighted by molar-refractivity contribution is 7.99. The molecule has 0 unspecified atom stereocenters. The second-order valence-corrected chi connectivity index (χ2v) is 8.49. The SMILES string of the molecule is O=C(CSc1nnc(-c2cccnc2)n1-c1ccccc1)Nc1c(Cl)cc(Cl)cc1Cl. The lowest BCUT2D eigenvalue weighted by molar-refractivity contribution is -0.113. The minimum atomic E-state index is -0.290. The van der Waals surface area contributed by atoms with E-state index >= 15 is 0 Å². The van der Waals surface area contributed by atoms with Crippen LogP contribution in [0.25, 0.3) is 17.1 Å². The van der Waals surface area contributed by atoms with Crippen LogP contribution in [0.2, 0.25) is 15.1 Å². The van der Waals surface area contributed by atoms with Gasteiger partial charge in [-0.2, -0.15) is 0 Å². The van der Waals surface area contributed by atoms with Gasteiger partial charge in [-0.1, -0.05) is 64.8 Å². The Morgan fingerprint density at radius 3 is 2.42 bits per heavy atom. The molecule has 0 atom stereocenters. The standard InChI is InChI=1S/C21H14Cl3N5OS/c22-14-9-16(23)19(17(24)10-14)26-18(30)12-31-21-28-27-20(13-5-4-8-25-11-13)29(21)15-6-2-1-3-7-15/h1-11H,12H2,(H,26,30). The zero-order chi connectivity index (χ0) is 21.8. The van der Waals surface area contributed by atoms with Crippen LogP contribution in [0.4, 0.5) is 5.69 Å². The number of para-hydroxylation sites is 1. The number of aromatic nitrogens is 4. The Bertz CT molecular complexity index is 1200. The molecule has 0 bridgehead atoms. The van der Waals surface area contributed by atoms with Crippen LogP contribution < -0.4 is 5.32 Å². The highest BCUT2D eigenvalue weighted by Gasteiger charge is 2.18. The van der Waals surface area contributed by atoms with Gasteiger partial charge in [-0.05, 0) is 36.4 Å². The first kappa shape index (κ1) is 21.6. The third kappa shape index (κ3) is 5.02. The van der Waals surface area contributed by atoms with Crippen molar-refractivity contribution in [2.75, 3.05) is 11.1 Å². The number of nitrogens with one attached hydrogen (secondary N) is 1. The van der Waals surface area contributed by atoms with Crippen molar-refractivity contribution >= 4 is 58.2 Å². The fraction of sp³-hybridized carbons (Fsp3) is 0.0476. The number of anilines is 1. The van der Waals surface area contributed by atoms with E-state index in [2.05, 4.69) is 20.5 Å². The van der Waals surface area contributed by atoms with Gasteiger partial charge < -0.3 is 5.32 Å². The minimum Gasteiger partial charge on any atom is -0.323 e. The Morgan fingerprint density at radius 1 is 1.00 bits per heavy atom. The molecule has 1 N–H and O–H groups in total. The second kappa shape index (κ2) is 9.70. The molecule has 6 nitrogen and oxygen atoms in total. The average Bonchev–Trinajstić information content (AvgIpc) is 3.20. The quantitative estimate of drug-likeness (QED) is 0.335. The molecule has 0 aliphatic heterocycles. The van der Waals surface area contributed by atoms with Crippen LogP contribution in [0.3, 0.4) is 0 Å². The summed E-state index contributed by atoms with van der Waals surface area (Å²) in [4.78, 5) is 16.7. The van der Waals surface area contributed by atoms with E-state index in [0.29, 0.717) is 21.7 Å². The summed E-state index contributed by atoms with van der Waals surface area (Å²) in [6.45, 7) is 0. The first-order valence-electron chi connectivity index (χ1n) is 9.01. The predicted molar refractivity (Wildman–Crippen MR) is 125 cm³/mol. The molecule has 0 spiro atoms. The third-order valence-electron chi connectivity index (χ3n) is 4.17. The Kier molecular flexibility index (Phi) is 6.77. The Labute approximate surface area is 197 Å². The second-order valence-electron chi connectivity index (χ2n) is 6.30. The van der Waals surface area contributed by atoms with Crippen molar-refractivity contribution in [1.29, 1.82) is 0 Å². The van der Waals surface area contributed by atoms with Gasteiger partial charge in [0, 0.05) is 28.7 Å². The Balaban J connectivity index is 1.58. The monoisotopic (exact) mass is 489 g/mol. The van der Waals surface area contributed by atoms with E-state index in [1.54, 1.807) is 12.4 Å². The molecule has 31 heavy (non-hydrogen) atoms. The Morgan fingerprint density at radius 2 is 1.74 bits per heavy atom. The number of halogens is 3. The lowest BCUT2D eigenvalue weighted by Gasteiger charge is -2.11. The predicted octanol–water partition coefficient (Wildman–Crippen LogP) is 6.02. The molecule has 4 aromatic rings. The van der Waals surface area contributed by atoms with Gasteiger partial charge in [-0.15, -0.1) is 10.2 Å². The molecule has 0 saturated carbocycles. The summed E-state index contributed by atoms with van der Waals surface area (Å²) < 4.78 is 1.89. The maximum Gasteiger partial charge on any atom is 0.234 e. The van der Waals surface area contributed by atoms with Crippen molar-refractivity contribution in [2.45, 2.75) is 5.16 Å². The van der Waals surface area contributed by atoms with Crippen LogP contribution in [0.15, 0.2) is 72.1 Å². The van der Waals surface area contributed by atoms with Gasteiger partial charge in [0.1, 0.15) is 0 Å². The number of carbonyl (C=O) groups is 1. The largest absolute Gasteiger partial charge is 0.323 e. The molecule has 4 rings (SSSR count). The highest BCUT2D eigenvalue weighted by Crippen LogP contribution is 2.34. The normalized spacial score (nSPS) is 10.8. The van der Waals surface area contributed by atoms with Crippen molar-refractivity contribution in [3.05, 3.63) is 82.1 Å². The van der Waals surface area contributed by atoms with E-state index in [4.69, 9.17) is 34.8 Å². The van der Waals surface area contributed by atoms with E-state index in [1.165, 1.54) is 23.9 Å². The number of amides is 1. The van der Waals surface area contributed by atoms with Gasteiger partial charge in [0.25, 0.3) is 0 Å². The fourth-order valence-electron chi connectivity index (χ4n) is 2.82. The number of benzene rings is 2. The van der Waals surface area contributed by atoms with Crippen LogP contribution >= 0.6 is 46.6 Å². The molecule has 0 radical (unpaired) electrons. The summed E-state index contributed by atoms with van der Waals surface area (Å²) in [5.74, 6) is 0.417. The fourth-order valence-corrected chi connectivity index (χ4v) is 4.49. The topological polar surface area (TPSA) is 72.7 Å². The van der Waals surface area contributed by atoms with Crippen molar-refractivity contribution < 1.29 is 4.79 Å². The van der Waals surface area contributed by atoms with Crippen LogP contribution in [-0.4, -0.2) is 31.4 Å². The van der Waals surface area contributed by atoms with E-state index in [0.717, 1.165) is 11.3 Å². The van der Waals surface area contributed by atoms with Gasteiger partial charge in [0.15, 0.2) is 11.0 Å². The first-order chi connectivity index (χ1) is 15.0. The van der Waals surface area contributed by atoms with Crippen molar-refractivity contribution in [1.82, 2.24) is 19.7 Å². The summed E-state index contributed by atoms with van der Waals surface area (Å²) in [5, 5.41) is 12.8. The molecule has 0 fully saturated rings. The molecule has 10 heteroatoms. The van der Waals surface area contributed by atoms with Gasteiger partial charge in [0.05, 0.1) is 21.5 Å². The maximum atomic E-state index is 12.6. The number of pyridine rings is 1. The molecule has 0 aliphatic rings. The minimum absolute atomic E-state index is 0.0767. The zero-order valence-corrected chi connectivity index (χ0v) is 18.9. The van der Waals surface area contributed by atoms with E-state index < -0.39 is 0 Å². The third-order valence-corrected chi connectivity index (χ3v) is 5.91. The molecule has 2 aromatic heterocycles. The molecule has 156 valence electrons. The molecular weight excluding hydrogens is 477 g/mol. The maximum absolute atomic E-state index is 12.6. The summed E-state index contributed by atoms with van der Waals surface area (Å²) >= 11 is 19.5. The highest BCUT2D eigenvalue weighted by atomic mass is 35.5. The number of carbonyl (C=O) groups excluding carboxylic acids is 1. The molecule has 0 aliphatic carbocycles. The van der Waals surface area contributed by atoms with Gasteiger partial charge >= 0.3 is 0 Å². The number of hydrogen-bond acceptors (Lipinski definition) is 5.